The Balaban J connectivity index is 1.36. The molecule has 5 saturated carbocycles. The summed E-state index contributed by atoms with van der Waals surface area (Å²) in [6.07, 6.45) is 15.4. The predicted octanol–water partition coefficient (Wildman–Crippen LogP) is 3.20. The topological polar surface area (TPSA) is 37.8 Å². The van der Waals surface area contributed by atoms with Gasteiger partial charge in [-0.2, -0.15) is 0 Å². The number of nitrogens with zero attached hydrogens (tertiary/aromatic N) is 2. The summed E-state index contributed by atoms with van der Waals surface area (Å²) >= 11 is 0. The summed E-state index contributed by atoms with van der Waals surface area (Å²) in [5, 5.41) is 3.55. The molecule has 3 nitrogen and oxygen atoms in total. The second-order valence-corrected chi connectivity index (χ2v) is 8.27. The molecule has 1 N–H and O–H groups in total. The van der Waals surface area contributed by atoms with E-state index in [1.165, 1.54) is 56.9 Å². The normalized spacial score (nSPS) is 40.7. The van der Waals surface area contributed by atoms with E-state index < -0.39 is 0 Å². The van der Waals surface area contributed by atoms with Crippen LogP contribution in [-0.4, -0.2) is 16.0 Å². The standard InChI is InChI=1S/C18H25N3/c1-2-16(1)19-9-15-10-20-17(21-11-15)18-6-12-3-13(7-18)5-14(4-12)8-18/h10-14,16,19H,1-9H2. The maximum atomic E-state index is 4.82. The molecule has 21 heavy (non-hydrogen) atoms. The van der Waals surface area contributed by atoms with Crippen LogP contribution in [0.4, 0.5) is 0 Å². The van der Waals surface area contributed by atoms with Crippen molar-refractivity contribution in [3.8, 4) is 0 Å². The Bertz CT molecular complexity index is 497. The van der Waals surface area contributed by atoms with Gasteiger partial charge in [-0.25, -0.2) is 9.97 Å². The summed E-state index contributed by atoms with van der Waals surface area (Å²) in [5.41, 5.74) is 1.59. The first-order chi connectivity index (χ1) is 10.3. The van der Waals surface area contributed by atoms with Crippen molar-refractivity contribution in [2.75, 3.05) is 0 Å². The van der Waals surface area contributed by atoms with E-state index in [0.717, 1.165) is 36.2 Å². The molecule has 4 bridgehead atoms. The Hall–Kier alpha value is -0.960. The second-order valence-electron chi connectivity index (χ2n) is 8.27. The fourth-order valence-electron chi connectivity index (χ4n) is 5.65. The van der Waals surface area contributed by atoms with Gasteiger partial charge in [0.25, 0.3) is 0 Å². The SMILES string of the molecule is c1nc(C23CC4CC(CC(C4)C2)C3)ncc1CNC1CC1. The van der Waals surface area contributed by atoms with Crippen LogP contribution in [0.25, 0.3) is 0 Å². The van der Waals surface area contributed by atoms with Crippen molar-refractivity contribution in [3.05, 3.63) is 23.8 Å². The minimum atomic E-state index is 0.344. The summed E-state index contributed by atoms with van der Waals surface area (Å²) < 4.78 is 0. The molecule has 3 heteroatoms. The van der Waals surface area contributed by atoms with Gasteiger partial charge in [0.2, 0.25) is 0 Å². The van der Waals surface area contributed by atoms with E-state index in [1.54, 1.807) is 0 Å². The molecule has 0 spiro atoms. The molecule has 0 atom stereocenters. The highest BCUT2D eigenvalue weighted by atomic mass is 15.0. The molecular formula is C18H25N3. The molecule has 0 aromatic carbocycles. The zero-order valence-corrected chi connectivity index (χ0v) is 12.7. The van der Waals surface area contributed by atoms with E-state index in [9.17, 15) is 0 Å². The van der Waals surface area contributed by atoms with Gasteiger partial charge >= 0.3 is 0 Å². The zero-order valence-electron chi connectivity index (χ0n) is 12.7. The van der Waals surface area contributed by atoms with Gasteiger partial charge in [0.1, 0.15) is 5.82 Å². The Morgan fingerprint density at radius 3 is 2.05 bits per heavy atom. The summed E-state index contributed by atoms with van der Waals surface area (Å²) in [6.45, 7) is 0.936. The van der Waals surface area contributed by atoms with Crippen molar-refractivity contribution in [2.45, 2.75) is 69.4 Å². The van der Waals surface area contributed by atoms with Crippen LogP contribution >= 0.6 is 0 Å². The van der Waals surface area contributed by atoms with Crippen LogP contribution in [0.15, 0.2) is 12.4 Å². The largest absolute Gasteiger partial charge is 0.310 e. The quantitative estimate of drug-likeness (QED) is 0.922. The molecule has 5 fully saturated rings. The highest BCUT2D eigenvalue weighted by molar-refractivity contribution is 5.18. The van der Waals surface area contributed by atoms with Crippen LogP contribution in [0.5, 0.6) is 0 Å². The van der Waals surface area contributed by atoms with Crippen molar-refractivity contribution < 1.29 is 0 Å². The molecule has 0 unspecified atom stereocenters. The first kappa shape index (κ1) is 12.6. The van der Waals surface area contributed by atoms with E-state index in [4.69, 9.17) is 9.97 Å². The van der Waals surface area contributed by atoms with E-state index in [1.807, 2.05) is 0 Å². The van der Waals surface area contributed by atoms with E-state index >= 15 is 0 Å². The van der Waals surface area contributed by atoms with Crippen LogP contribution in [0, 0.1) is 17.8 Å². The molecule has 5 aliphatic rings. The van der Waals surface area contributed by atoms with Crippen LogP contribution in [-0.2, 0) is 12.0 Å². The van der Waals surface area contributed by atoms with Gasteiger partial charge in [0.15, 0.2) is 0 Å². The molecular weight excluding hydrogens is 258 g/mol. The van der Waals surface area contributed by atoms with Gasteiger partial charge in [0.05, 0.1) is 0 Å². The van der Waals surface area contributed by atoms with Gasteiger partial charge < -0.3 is 5.32 Å². The third-order valence-electron chi connectivity index (χ3n) is 6.39. The number of nitrogens with one attached hydrogen (secondary N) is 1. The zero-order chi connectivity index (χ0) is 13.9. The van der Waals surface area contributed by atoms with Crippen LogP contribution in [0.3, 0.4) is 0 Å². The van der Waals surface area contributed by atoms with Crippen LogP contribution < -0.4 is 5.32 Å². The molecule has 0 radical (unpaired) electrons. The van der Waals surface area contributed by atoms with Gasteiger partial charge in [0, 0.05) is 36.0 Å². The molecule has 0 aliphatic heterocycles. The smallest absolute Gasteiger partial charge is 0.134 e. The van der Waals surface area contributed by atoms with Gasteiger partial charge in [-0.3, -0.25) is 0 Å². The summed E-state index contributed by atoms with van der Waals surface area (Å²) in [5.74, 6) is 4.07. The Labute approximate surface area is 127 Å². The second kappa shape index (κ2) is 4.52. The molecule has 112 valence electrons. The van der Waals surface area contributed by atoms with Crippen molar-refractivity contribution in [1.29, 1.82) is 0 Å². The summed E-state index contributed by atoms with van der Waals surface area (Å²) in [7, 11) is 0. The number of hydrogen-bond donors (Lipinski definition) is 1. The van der Waals surface area contributed by atoms with Crippen molar-refractivity contribution in [3.63, 3.8) is 0 Å². The Morgan fingerprint density at radius 2 is 1.52 bits per heavy atom. The van der Waals surface area contributed by atoms with Gasteiger partial charge in [-0.1, -0.05) is 0 Å². The van der Waals surface area contributed by atoms with Crippen LogP contribution in [0.1, 0.15) is 62.8 Å². The number of aromatic nitrogens is 2. The van der Waals surface area contributed by atoms with Crippen molar-refractivity contribution >= 4 is 0 Å². The lowest BCUT2D eigenvalue weighted by molar-refractivity contribution is -0.00942. The summed E-state index contributed by atoms with van der Waals surface area (Å²) in [4.78, 5) is 9.63. The van der Waals surface area contributed by atoms with E-state index in [0.29, 0.717) is 5.41 Å². The molecule has 6 rings (SSSR count). The lowest BCUT2D eigenvalue weighted by Gasteiger charge is -2.55. The van der Waals surface area contributed by atoms with E-state index in [2.05, 4.69) is 17.7 Å². The summed E-state index contributed by atoms with van der Waals surface area (Å²) in [6, 6.07) is 0.757. The van der Waals surface area contributed by atoms with Gasteiger partial charge in [-0.15, -0.1) is 0 Å². The Kier molecular flexibility index (Phi) is 2.70. The lowest BCUT2D eigenvalue weighted by Crippen LogP contribution is -2.49. The third-order valence-corrected chi connectivity index (χ3v) is 6.39. The molecule has 1 aromatic heterocycles. The van der Waals surface area contributed by atoms with Crippen LogP contribution in [0.2, 0.25) is 0 Å². The molecule has 1 aromatic rings. The van der Waals surface area contributed by atoms with E-state index in [-0.39, 0.29) is 0 Å². The minimum absolute atomic E-state index is 0.344. The van der Waals surface area contributed by atoms with Crippen molar-refractivity contribution in [2.24, 2.45) is 17.8 Å². The van der Waals surface area contributed by atoms with Crippen molar-refractivity contribution in [1.82, 2.24) is 15.3 Å². The maximum absolute atomic E-state index is 4.82. The predicted molar refractivity (Wildman–Crippen MR) is 81.7 cm³/mol. The first-order valence-electron chi connectivity index (χ1n) is 8.84. The highest BCUT2D eigenvalue weighted by Gasteiger charge is 2.53. The minimum Gasteiger partial charge on any atom is -0.310 e. The molecule has 5 aliphatic carbocycles. The molecule has 1 heterocycles. The molecule has 0 amide bonds. The lowest BCUT2D eigenvalue weighted by atomic mass is 9.49. The fraction of sp³-hybridized carbons (Fsp3) is 0.778. The molecule has 0 saturated heterocycles. The highest BCUT2D eigenvalue weighted by Crippen LogP contribution is 2.59. The number of rotatable bonds is 4. The average molecular weight is 283 g/mol. The third kappa shape index (κ3) is 2.21. The average Bonchev–Trinajstić information content (AvgIpc) is 3.28. The Morgan fingerprint density at radius 1 is 0.952 bits per heavy atom. The monoisotopic (exact) mass is 283 g/mol. The van der Waals surface area contributed by atoms with Gasteiger partial charge in [-0.05, 0) is 69.1 Å². The number of hydrogen-bond acceptors (Lipinski definition) is 3. The first-order valence-corrected chi connectivity index (χ1v) is 8.84. The maximum Gasteiger partial charge on any atom is 0.134 e. The fourth-order valence-corrected chi connectivity index (χ4v) is 5.65.